The lowest BCUT2D eigenvalue weighted by Gasteiger charge is -2.59. The number of imidazole rings is 1. The Kier molecular flexibility index (Phi) is 8.69. The zero-order valence-corrected chi connectivity index (χ0v) is 25.3. The summed E-state index contributed by atoms with van der Waals surface area (Å²) in [5.41, 5.74) is -1.52. The number of aliphatic hydroxyl groups is 2. The molecule has 0 saturated heterocycles. The second-order valence-corrected chi connectivity index (χ2v) is 13.1. The zero-order chi connectivity index (χ0) is 31.9. The number of ketones is 2. The van der Waals surface area contributed by atoms with Gasteiger partial charge in [-0.3, -0.25) is 19.2 Å². The molecule has 0 aliphatic heterocycles. The number of hydrogen-bond donors (Lipinski definition) is 4. The lowest BCUT2D eigenvalue weighted by molar-refractivity contribution is -0.181. The summed E-state index contributed by atoms with van der Waals surface area (Å²) in [6.07, 6.45) is 9.31. The number of Topliss-reactive ketones (excluding diaryl/α,β-unsaturated/α-hetero) is 1. The molecule has 12 nitrogen and oxygen atoms in total. The number of fused-ring (bicyclic) bond motifs is 5. The molecule has 238 valence electrons. The van der Waals surface area contributed by atoms with Crippen LogP contribution in [0.4, 0.5) is 0 Å². The molecule has 3 saturated carbocycles. The van der Waals surface area contributed by atoms with Gasteiger partial charge >= 0.3 is 11.9 Å². The minimum atomic E-state index is -1.78. The summed E-state index contributed by atoms with van der Waals surface area (Å²) < 4.78 is 9.95. The number of H-pyrrole nitrogens is 1. The minimum Gasteiger partial charge on any atom is -0.467 e. The van der Waals surface area contributed by atoms with E-state index in [1.807, 2.05) is 13.0 Å². The Morgan fingerprint density at radius 1 is 1.20 bits per heavy atom. The maximum absolute atomic E-state index is 13.5. The maximum atomic E-state index is 13.5. The van der Waals surface area contributed by atoms with Crippen LogP contribution in [0.25, 0.3) is 0 Å². The summed E-state index contributed by atoms with van der Waals surface area (Å²) in [6.45, 7) is 3.26. The summed E-state index contributed by atoms with van der Waals surface area (Å²) >= 11 is 0. The molecule has 4 aliphatic rings. The van der Waals surface area contributed by atoms with E-state index < -0.39 is 58.8 Å². The molecule has 1 heterocycles. The number of aliphatic hydroxyl groups excluding tert-OH is 1. The van der Waals surface area contributed by atoms with E-state index in [-0.39, 0.29) is 55.6 Å². The van der Waals surface area contributed by atoms with Gasteiger partial charge in [0, 0.05) is 41.5 Å². The molecule has 4 N–H and O–H groups in total. The summed E-state index contributed by atoms with van der Waals surface area (Å²) in [5, 5.41) is 25.9. The van der Waals surface area contributed by atoms with Gasteiger partial charge in [0.05, 0.1) is 26.0 Å². The van der Waals surface area contributed by atoms with Gasteiger partial charge in [0.1, 0.15) is 11.6 Å². The van der Waals surface area contributed by atoms with Crippen LogP contribution in [0.3, 0.4) is 0 Å². The molecule has 1 aromatic rings. The number of allylic oxidation sites excluding steroid dienone is 4. The molecule has 1 aromatic heterocycles. The highest BCUT2D eigenvalue weighted by Gasteiger charge is 2.68. The maximum Gasteiger partial charge on any atom is 0.328 e. The number of hydrogen-bond acceptors (Lipinski definition) is 10. The Hall–Kier alpha value is -3.64. The fourth-order valence-electron chi connectivity index (χ4n) is 8.56. The molecule has 8 atom stereocenters. The van der Waals surface area contributed by atoms with Crippen molar-refractivity contribution in [2.75, 3.05) is 13.7 Å². The summed E-state index contributed by atoms with van der Waals surface area (Å²) in [5.74, 6) is -2.80. The monoisotopic (exact) mass is 611 g/mol. The highest BCUT2D eigenvalue weighted by atomic mass is 16.5. The van der Waals surface area contributed by atoms with Crippen molar-refractivity contribution in [2.24, 2.45) is 28.6 Å². The van der Waals surface area contributed by atoms with Crippen molar-refractivity contribution in [1.82, 2.24) is 15.3 Å². The molecule has 12 heteroatoms. The van der Waals surface area contributed by atoms with Crippen molar-refractivity contribution >= 4 is 29.4 Å². The number of methoxy groups -OCH3 is 1. The summed E-state index contributed by atoms with van der Waals surface area (Å²) in [6, 6.07) is -0.979. The average molecular weight is 612 g/mol. The van der Waals surface area contributed by atoms with E-state index in [1.54, 1.807) is 12.2 Å². The molecule has 0 spiro atoms. The first-order chi connectivity index (χ1) is 20.8. The Morgan fingerprint density at radius 2 is 1.98 bits per heavy atom. The van der Waals surface area contributed by atoms with E-state index in [0.717, 1.165) is 12.0 Å². The van der Waals surface area contributed by atoms with Gasteiger partial charge in [-0.15, -0.1) is 0 Å². The third-order valence-corrected chi connectivity index (χ3v) is 10.8. The molecular weight excluding hydrogens is 570 g/mol. The Balaban J connectivity index is 1.17. The van der Waals surface area contributed by atoms with Crippen molar-refractivity contribution in [1.29, 1.82) is 0 Å². The molecule has 4 aliphatic carbocycles. The van der Waals surface area contributed by atoms with E-state index in [0.29, 0.717) is 18.5 Å². The van der Waals surface area contributed by atoms with Crippen molar-refractivity contribution < 1.29 is 43.7 Å². The second-order valence-electron chi connectivity index (χ2n) is 13.1. The van der Waals surface area contributed by atoms with Crippen LogP contribution in [0, 0.1) is 28.6 Å². The summed E-state index contributed by atoms with van der Waals surface area (Å²) in [7, 11) is 1.20. The number of aromatic nitrogens is 2. The van der Waals surface area contributed by atoms with Crippen LogP contribution in [0.5, 0.6) is 0 Å². The Labute approximate surface area is 255 Å². The van der Waals surface area contributed by atoms with Crippen LogP contribution in [-0.4, -0.2) is 81.1 Å². The molecule has 0 radical (unpaired) electrons. The predicted molar refractivity (Wildman–Crippen MR) is 154 cm³/mol. The second kappa shape index (κ2) is 12.0. The number of esters is 2. The highest BCUT2D eigenvalue weighted by molar-refractivity contribution is 6.01. The first-order valence-corrected chi connectivity index (χ1v) is 15.2. The van der Waals surface area contributed by atoms with Gasteiger partial charge in [0.2, 0.25) is 11.7 Å². The van der Waals surface area contributed by atoms with Crippen LogP contribution in [0.2, 0.25) is 0 Å². The third-order valence-electron chi connectivity index (χ3n) is 10.8. The lowest BCUT2D eigenvalue weighted by atomic mass is 9.46. The smallest absolute Gasteiger partial charge is 0.328 e. The van der Waals surface area contributed by atoms with Crippen LogP contribution < -0.4 is 5.32 Å². The van der Waals surface area contributed by atoms with Gasteiger partial charge in [-0.2, -0.15) is 0 Å². The molecule has 0 unspecified atom stereocenters. The largest absolute Gasteiger partial charge is 0.467 e. The van der Waals surface area contributed by atoms with E-state index >= 15 is 0 Å². The molecular formula is C32H41N3O9. The molecule has 1 amide bonds. The van der Waals surface area contributed by atoms with Gasteiger partial charge < -0.3 is 30.0 Å². The SMILES string of the molecule is COC(=O)[C@H](Cc1cnc[nH]1)NC(=O)CCC(=O)OCC(=O)[C@]1(O)CC[C@H]2[C@@H]3CCC4=CC(=O)C=C[C@]4(C)[C@H]3[C@H](O)C[C@@]21C. The average Bonchev–Trinajstić information content (AvgIpc) is 3.60. The van der Waals surface area contributed by atoms with Crippen molar-refractivity contribution in [3.63, 3.8) is 0 Å². The molecule has 44 heavy (non-hydrogen) atoms. The van der Waals surface area contributed by atoms with E-state index in [9.17, 15) is 34.2 Å². The number of nitrogens with zero attached hydrogens (tertiary/aromatic N) is 1. The van der Waals surface area contributed by atoms with Gasteiger partial charge in [-0.1, -0.05) is 25.5 Å². The van der Waals surface area contributed by atoms with Crippen molar-refractivity contribution in [2.45, 2.75) is 83.0 Å². The van der Waals surface area contributed by atoms with Gasteiger partial charge in [0.15, 0.2) is 12.4 Å². The number of carbonyl (C=O) groups is 5. The summed E-state index contributed by atoms with van der Waals surface area (Å²) in [4.78, 5) is 69.3. The number of nitrogens with one attached hydrogen (secondary N) is 2. The quantitative estimate of drug-likeness (QED) is 0.283. The Bertz CT molecular complexity index is 1390. The first-order valence-electron chi connectivity index (χ1n) is 15.2. The zero-order valence-electron chi connectivity index (χ0n) is 25.3. The van der Waals surface area contributed by atoms with Crippen LogP contribution in [-0.2, 0) is 39.9 Å². The van der Waals surface area contributed by atoms with Crippen molar-refractivity contribution in [3.05, 3.63) is 42.0 Å². The van der Waals surface area contributed by atoms with E-state index in [4.69, 9.17) is 9.47 Å². The fraction of sp³-hybridized carbons (Fsp3) is 0.625. The van der Waals surface area contributed by atoms with Crippen molar-refractivity contribution in [3.8, 4) is 0 Å². The van der Waals surface area contributed by atoms with Gasteiger partial charge in [-0.25, -0.2) is 9.78 Å². The number of rotatable bonds is 10. The molecule has 0 aromatic carbocycles. The Morgan fingerprint density at radius 3 is 2.68 bits per heavy atom. The lowest BCUT2D eigenvalue weighted by Crippen LogP contribution is -2.61. The van der Waals surface area contributed by atoms with Gasteiger partial charge in [0.25, 0.3) is 0 Å². The highest BCUT2D eigenvalue weighted by Crippen LogP contribution is 2.67. The molecule has 5 rings (SSSR count). The van der Waals surface area contributed by atoms with Crippen LogP contribution in [0.15, 0.2) is 36.3 Å². The normalized spacial score (nSPS) is 34.6. The minimum absolute atomic E-state index is 0.0295. The standard InChI is InChI=1S/C32H41N3O9/c1-30-10-8-20(36)12-18(30)4-5-21-22-9-11-32(42,31(22,2)14-24(37)28(21)30)25(38)16-44-27(40)7-6-26(39)35-23(29(41)43-3)13-19-15-33-17-34-19/h8,10,12,15,17,21-24,28,37,42H,4-7,9,11,13-14,16H2,1-3H3,(H,33,34)(H,35,39)/t21-,22-,23-,24+,28+,30-,31-,32+/m0/s1. The third kappa shape index (κ3) is 5.53. The molecule has 0 bridgehead atoms. The van der Waals surface area contributed by atoms with E-state index in [1.165, 1.54) is 19.6 Å². The topological polar surface area (TPSA) is 185 Å². The first kappa shape index (κ1) is 31.8. The van der Waals surface area contributed by atoms with E-state index in [2.05, 4.69) is 22.2 Å². The molecule has 3 fully saturated rings. The fourth-order valence-corrected chi connectivity index (χ4v) is 8.56. The van der Waals surface area contributed by atoms with Crippen LogP contribution in [0.1, 0.15) is 64.5 Å². The number of ether oxygens (including phenoxy) is 2. The van der Waals surface area contributed by atoms with Crippen LogP contribution >= 0.6 is 0 Å². The number of amides is 1. The number of carbonyl (C=O) groups excluding carboxylic acids is 5. The predicted octanol–water partition coefficient (Wildman–Crippen LogP) is 1.51. The van der Waals surface area contributed by atoms with Gasteiger partial charge in [-0.05, 0) is 56.1 Å². The number of aromatic amines is 1.